The Hall–Kier alpha value is -1.81. The molecule has 19 heavy (non-hydrogen) atoms. The molecule has 0 saturated heterocycles. The van der Waals surface area contributed by atoms with Crippen molar-refractivity contribution >= 4 is 28.6 Å². The largest absolute Gasteiger partial charge is 0.354 e. The second-order valence-electron chi connectivity index (χ2n) is 5.15. The lowest BCUT2D eigenvalue weighted by Gasteiger charge is -2.41. The minimum Gasteiger partial charge on any atom is -0.354 e. The molecule has 1 atom stereocenters. The summed E-state index contributed by atoms with van der Waals surface area (Å²) in [4.78, 5) is 16.0. The highest BCUT2D eigenvalue weighted by Crippen LogP contribution is 2.43. The van der Waals surface area contributed by atoms with Crippen molar-refractivity contribution in [1.82, 2.24) is 0 Å². The summed E-state index contributed by atoms with van der Waals surface area (Å²) in [6, 6.07) is 8.15. The molecule has 2 aliphatic heterocycles. The van der Waals surface area contributed by atoms with Crippen molar-refractivity contribution < 1.29 is 4.79 Å². The summed E-state index contributed by atoms with van der Waals surface area (Å²) in [7, 11) is 0. The third kappa shape index (κ3) is 1.53. The maximum atomic E-state index is 12.4. The van der Waals surface area contributed by atoms with Gasteiger partial charge in [0.25, 0.3) is 5.91 Å². The van der Waals surface area contributed by atoms with Crippen LogP contribution in [-0.2, 0) is 11.2 Å². The number of carbonyl (C=O) groups is 1. The van der Waals surface area contributed by atoms with Crippen LogP contribution in [0.15, 0.2) is 29.6 Å². The molecule has 1 aromatic heterocycles. The van der Waals surface area contributed by atoms with Gasteiger partial charge in [-0.1, -0.05) is 6.07 Å². The number of aryl methyl sites for hydroxylation is 1. The molecule has 2 aromatic rings. The van der Waals surface area contributed by atoms with Crippen LogP contribution in [0.3, 0.4) is 0 Å². The van der Waals surface area contributed by atoms with Crippen molar-refractivity contribution in [3.05, 3.63) is 45.6 Å². The molecule has 0 bridgehead atoms. The smallest absolute Gasteiger partial charge is 0.251 e. The summed E-state index contributed by atoms with van der Waals surface area (Å²) in [5.74, 6) is 0.0932. The summed E-state index contributed by atoms with van der Waals surface area (Å²) in [5.41, 5.74) is 4.50. The van der Waals surface area contributed by atoms with Crippen molar-refractivity contribution in [2.75, 3.05) is 16.8 Å². The zero-order chi connectivity index (χ0) is 13.0. The van der Waals surface area contributed by atoms with E-state index in [1.807, 2.05) is 12.1 Å². The fourth-order valence-corrected chi connectivity index (χ4v) is 3.95. The normalized spacial score (nSPS) is 20.4. The fourth-order valence-electron chi connectivity index (χ4n) is 3.04. The predicted octanol–water partition coefficient (Wildman–Crippen LogP) is 3.11. The number of carbonyl (C=O) groups excluding carboxylic acids is 1. The minimum atomic E-state index is -0.149. The molecule has 96 valence electrons. The van der Waals surface area contributed by atoms with Crippen LogP contribution in [0.5, 0.6) is 0 Å². The fraction of sp³-hybridized carbons (Fsp3) is 0.267. The number of hydrogen-bond acceptors (Lipinski definition) is 3. The van der Waals surface area contributed by atoms with Gasteiger partial charge in [-0.15, -0.1) is 11.3 Å². The molecule has 3 heterocycles. The van der Waals surface area contributed by atoms with Crippen LogP contribution in [0.2, 0.25) is 0 Å². The van der Waals surface area contributed by atoms with Gasteiger partial charge in [0.2, 0.25) is 0 Å². The molecule has 0 spiro atoms. The van der Waals surface area contributed by atoms with Crippen LogP contribution in [0.4, 0.5) is 11.4 Å². The Kier molecular flexibility index (Phi) is 2.23. The van der Waals surface area contributed by atoms with E-state index in [1.165, 1.54) is 16.0 Å². The lowest BCUT2D eigenvalue weighted by atomic mass is 9.95. The van der Waals surface area contributed by atoms with Crippen molar-refractivity contribution in [2.24, 2.45) is 0 Å². The van der Waals surface area contributed by atoms with Gasteiger partial charge >= 0.3 is 0 Å². The standard InChI is InChI=1S/C15H14N2OS/c1-9-2-3-11-12(8-9)17-6-4-13-10(5-7-19-13)14(17)15(18)16-11/h2-3,5,7-8,14H,4,6H2,1H3,(H,16,18). The summed E-state index contributed by atoms with van der Waals surface area (Å²) in [6.07, 6.45) is 1.03. The van der Waals surface area contributed by atoms with Gasteiger partial charge in [-0.05, 0) is 48.1 Å². The molecule has 0 radical (unpaired) electrons. The molecule has 0 aliphatic carbocycles. The van der Waals surface area contributed by atoms with Gasteiger partial charge in [-0.25, -0.2) is 0 Å². The van der Waals surface area contributed by atoms with Crippen LogP contribution >= 0.6 is 11.3 Å². The summed E-state index contributed by atoms with van der Waals surface area (Å²) < 4.78 is 0. The quantitative estimate of drug-likeness (QED) is 0.797. The van der Waals surface area contributed by atoms with E-state index in [2.05, 4.69) is 34.7 Å². The Morgan fingerprint density at radius 3 is 3.16 bits per heavy atom. The number of rotatable bonds is 0. The SMILES string of the molecule is Cc1ccc2c(c1)N1CCc3sccc3C1C(=O)N2. The van der Waals surface area contributed by atoms with E-state index < -0.39 is 0 Å². The maximum Gasteiger partial charge on any atom is 0.251 e. The highest BCUT2D eigenvalue weighted by atomic mass is 32.1. The van der Waals surface area contributed by atoms with Crippen LogP contribution < -0.4 is 10.2 Å². The lowest BCUT2D eigenvalue weighted by molar-refractivity contribution is -0.117. The van der Waals surface area contributed by atoms with E-state index >= 15 is 0 Å². The number of nitrogens with zero attached hydrogens (tertiary/aromatic N) is 1. The second-order valence-corrected chi connectivity index (χ2v) is 6.16. The first-order valence-corrected chi connectivity index (χ1v) is 7.36. The third-order valence-corrected chi connectivity index (χ3v) is 4.93. The minimum absolute atomic E-state index is 0.0932. The average molecular weight is 270 g/mol. The molecule has 1 N–H and O–H groups in total. The topological polar surface area (TPSA) is 32.3 Å². The molecule has 0 fully saturated rings. The number of nitrogens with one attached hydrogen (secondary N) is 1. The van der Waals surface area contributed by atoms with Gasteiger partial charge in [0.15, 0.2) is 0 Å². The van der Waals surface area contributed by atoms with E-state index in [0.717, 1.165) is 24.3 Å². The van der Waals surface area contributed by atoms with Crippen molar-refractivity contribution in [3.63, 3.8) is 0 Å². The zero-order valence-electron chi connectivity index (χ0n) is 10.6. The van der Waals surface area contributed by atoms with Gasteiger partial charge < -0.3 is 10.2 Å². The molecule has 3 nitrogen and oxygen atoms in total. The Bertz CT molecular complexity index is 677. The maximum absolute atomic E-state index is 12.4. The average Bonchev–Trinajstić information content (AvgIpc) is 2.87. The third-order valence-electron chi connectivity index (χ3n) is 3.93. The highest BCUT2D eigenvalue weighted by molar-refractivity contribution is 7.10. The molecule has 2 aliphatic rings. The first-order valence-electron chi connectivity index (χ1n) is 6.48. The van der Waals surface area contributed by atoms with Crippen LogP contribution in [0, 0.1) is 6.92 Å². The molecular formula is C15H14N2OS. The van der Waals surface area contributed by atoms with E-state index in [0.29, 0.717) is 0 Å². The zero-order valence-corrected chi connectivity index (χ0v) is 11.5. The van der Waals surface area contributed by atoms with Gasteiger partial charge in [0.1, 0.15) is 6.04 Å². The number of benzene rings is 1. The molecule has 1 unspecified atom stereocenters. The van der Waals surface area contributed by atoms with Crippen molar-refractivity contribution in [1.29, 1.82) is 0 Å². The molecule has 4 heteroatoms. The molecule has 0 saturated carbocycles. The van der Waals surface area contributed by atoms with Crippen molar-refractivity contribution in [2.45, 2.75) is 19.4 Å². The van der Waals surface area contributed by atoms with E-state index in [1.54, 1.807) is 11.3 Å². The molecule has 1 amide bonds. The van der Waals surface area contributed by atoms with Gasteiger partial charge in [-0.3, -0.25) is 4.79 Å². The molecular weight excluding hydrogens is 256 g/mol. The molecule has 4 rings (SSSR count). The Labute approximate surface area is 115 Å². The van der Waals surface area contributed by atoms with E-state index in [9.17, 15) is 4.79 Å². The lowest BCUT2D eigenvalue weighted by Crippen LogP contribution is -2.45. The van der Waals surface area contributed by atoms with Gasteiger partial charge in [0.05, 0.1) is 11.4 Å². The Balaban J connectivity index is 1.89. The first kappa shape index (κ1) is 11.1. The van der Waals surface area contributed by atoms with Crippen molar-refractivity contribution in [3.8, 4) is 0 Å². The van der Waals surface area contributed by atoms with Gasteiger partial charge in [-0.2, -0.15) is 0 Å². The number of thiophene rings is 1. The number of anilines is 2. The number of fused-ring (bicyclic) bond motifs is 5. The van der Waals surface area contributed by atoms with Crippen LogP contribution in [0.25, 0.3) is 0 Å². The Morgan fingerprint density at radius 1 is 1.37 bits per heavy atom. The van der Waals surface area contributed by atoms with Crippen LogP contribution in [0.1, 0.15) is 22.0 Å². The van der Waals surface area contributed by atoms with E-state index in [-0.39, 0.29) is 11.9 Å². The highest BCUT2D eigenvalue weighted by Gasteiger charge is 2.38. The number of hydrogen-bond donors (Lipinski definition) is 1. The number of amides is 1. The van der Waals surface area contributed by atoms with Gasteiger partial charge in [0, 0.05) is 11.4 Å². The van der Waals surface area contributed by atoms with E-state index in [4.69, 9.17) is 0 Å². The second kappa shape index (κ2) is 3.84. The summed E-state index contributed by atoms with van der Waals surface area (Å²) in [6.45, 7) is 3.01. The summed E-state index contributed by atoms with van der Waals surface area (Å²) in [5, 5.41) is 5.13. The summed E-state index contributed by atoms with van der Waals surface area (Å²) >= 11 is 1.76. The van der Waals surface area contributed by atoms with Crippen LogP contribution in [-0.4, -0.2) is 12.5 Å². The Morgan fingerprint density at radius 2 is 2.26 bits per heavy atom. The monoisotopic (exact) mass is 270 g/mol. The first-order chi connectivity index (χ1) is 9.24. The predicted molar refractivity (Wildman–Crippen MR) is 77.9 cm³/mol. The molecule has 1 aromatic carbocycles.